The highest BCUT2D eigenvalue weighted by atomic mass is 79.9. The van der Waals surface area contributed by atoms with Gasteiger partial charge in [0.1, 0.15) is 4.90 Å². The van der Waals surface area contributed by atoms with Crippen molar-refractivity contribution in [2.45, 2.75) is 36.6 Å². The normalized spacial score (nSPS) is 18.1. The zero-order valence-electron chi connectivity index (χ0n) is 11.3. The standard InChI is InChI=1S/C13H17BrCl2N2O2S/c14-9-5-10(15)13(11(16)6-9)21(19,20)18-12(7-17)8-3-1-2-4-8/h5-6,8,12,18H,1-4,7,17H2. The average molecular weight is 416 g/mol. The zero-order valence-corrected chi connectivity index (χ0v) is 15.2. The lowest BCUT2D eigenvalue weighted by Gasteiger charge is -2.23. The first-order valence-corrected chi connectivity index (χ1v) is 9.75. The molecule has 1 aromatic carbocycles. The van der Waals surface area contributed by atoms with Crippen LogP contribution in [0.2, 0.25) is 10.0 Å². The second-order valence-corrected chi connectivity index (χ2v) is 8.59. The maximum absolute atomic E-state index is 12.6. The van der Waals surface area contributed by atoms with Gasteiger partial charge in [-0.1, -0.05) is 52.0 Å². The van der Waals surface area contributed by atoms with Crippen molar-refractivity contribution in [2.24, 2.45) is 11.7 Å². The smallest absolute Gasteiger partial charge is 0.243 e. The second-order valence-electron chi connectivity index (χ2n) is 5.21. The third-order valence-electron chi connectivity index (χ3n) is 3.76. The first-order chi connectivity index (χ1) is 9.85. The van der Waals surface area contributed by atoms with E-state index in [1.807, 2.05) is 0 Å². The monoisotopic (exact) mass is 414 g/mol. The summed E-state index contributed by atoms with van der Waals surface area (Å²) in [5, 5.41) is 0.174. The van der Waals surface area contributed by atoms with Crippen molar-refractivity contribution in [1.29, 1.82) is 0 Å². The summed E-state index contributed by atoms with van der Waals surface area (Å²) in [6.45, 7) is 0.260. The fraction of sp³-hybridized carbons (Fsp3) is 0.538. The lowest BCUT2D eigenvalue weighted by Crippen LogP contribution is -2.44. The van der Waals surface area contributed by atoms with E-state index in [0.29, 0.717) is 4.47 Å². The van der Waals surface area contributed by atoms with Crippen molar-refractivity contribution in [3.8, 4) is 0 Å². The summed E-state index contributed by atoms with van der Waals surface area (Å²) >= 11 is 15.3. The van der Waals surface area contributed by atoms with Crippen molar-refractivity contribution >= 4 is 49.2 Å². The first kappa shape index (κ1) is 17.5. The van der Waals surface area contributed by atoms with E-state index in [-0.39, 0.29) is 33.4 Å². The summed E-state index contributed by atoms with van der Waals surface area (Å²) in [5.41, 5.74) is 5.74. The first-order valence-electron chi connectivity index (χ1n) is 6.72. The van der Waals surface area contributed by atoms with Crippen LogP contribution in [-0.2, 0) is 10.0 Å². The van der Waals surface area contributed by atoms with E-state index in [0.717, 1.165) is 25.7 Å². The predicted octanol–water partition coefficient (Wildman–Crippen LogP) is 3.55. The highest BCUT2D eigenvalue weighted by molar-refractivity contribution is 9.10. The minimum absolute atomic E-state index is 0.0871. The largest absolute Gasteiger partial charge is 0.329 e. The molecule has 0 heterocycles. The van der Waals surface area contributed by atoms with Crippen LogP contribution in [0.25, 0.3) is 0 Å². The van der Waals surface area contributed by atoms with Crippen molar-refractivity contribution in [3.05, 3.63) is 26.7 Å². The molecule has 0 radical (unpaired) electrons. The molecule has 3 N–H and O–H groups in total. The molecule has 1 aliphatic carbocycles. The van der Waals surface area contributed by atoms with Gasteiger partial charge in [0.25, 0.3) is 0 Å². The van der Waals surface area contributed by atoms with Crippen molar-refractivity contribution in [2.75, 3.05) is 6.54 Å². The van der Waals surface area contributed by atoms with Gasteiger partial charge < -0.3 is 5.73 Å². The third-order valence-corrected chi connectivity index (χ3v) is 6.63. The van der Waals surface area contributed by atoms with Crippen LogP contribution in [0.4, 0.5) is 0 Å². The number of hydrogen-bond donors (Lipinski definition) is 2. The van der Waals surface area contributed by atoms with Gasteiger partial charge in [0.15, 0.2) is 0 Å². The van der Waals surface area contributed by atoms with Crippen molar-refractivity contribution in [1.82, 2.24) is 4.72 Å². The molecule has 0 bridgehead atoms. The second kappa shape index (κ2) is 7.15. The molecule has 0 spiro atoms. The maximum Gasteiger partial charge on any atom is 0.243 e. The number of nitrogens with two attached hydrogens (primary N) is 1. The Bertz CT molecular complexity index is 596. The SMILES string of the molecule is NCC(NS(=O)(=O)c1c(Cl)cc(Br)cc1Cl)C1CCCC1. The number of nitrogens with one attached hydrogen (secondary N) is 1. The third kappa shape index (κ3) is 4.12. The Balaban J connectivity index is 2.29. The number of rotatable bonds is 5. The van der Waals surface area contributed by atoms with Gasteiger partial charge in [-0.05, 0) is 30.9 Å². The number of sulfonamides is 1. The predicted molar refractivity (Wildman–Crippen MR) is 89.3 cm³/mol. The molecule has 1 saturated carbocycles. The molecule has 0 saturated heterocycles. The fourth-order valence-electron chi connectivity index (χ4n) is 2.74. The molecule has 1 aliphatic rings. The van der Waals surface area contributed by atoms with Crippen LogP contribution in [0.1, 0.15) is 25.7 Å². The van der Waals surface area contributed by atoms with Crippen LogP contribution in [0, 0.1) is 5.92 Å². The van der Waals surface area contributed by atoms with Crippen LogP contribution < -0.4 is 10.5 Å². The van der Waals surface area contributed by atoms with Crippen molar-refractivity contribution in [3.63, 3.8) is 0 Å². The molecular formula is C13H17BrCl2N2O2S. The Morgan fingerprint density at radius 1 is 1.29 bits per heavy atom. The number of benzene rings is 1. The van der Waals surface area contributed by atoms with Crippen LogP contribution in [0.5, 0.6) is 0 Å². The minimum atomic E-state index is -3.80. The van der Waals surface area contributed by atoms with Gasteiger partial charge in [-0.2, -0.15) is 0 Å². The Labute approximate surface area is 143 Å². The molecule has 0 aliphatic heterocycles. The molecule has 4 nitrogen and oxygen atoms in total. The van der Waals surface area contributed by atoms with Crippen LogP contribution in [0.3, 0.4) is 0 Å². The summed E-state index contributed by atoms with van der Waals surface area (Å²) in [6, 6.07) is 2.73. The van der Waals surface area contributed by atoms with Gasteiger partial charge in [-0.3, -0.25) is 0 Å². The Hall–Kier alpha value is 0.150. The fourth-order valence-corrected chi connectivity index (χ4v) is 5.99. The summed E-state index contributed by atoms with van der Waals surface area (Å²) in [6.07, 6.45) is 4.21. The Morgan fingerprint density at radius 2 is 1.81 bits per heavy atom. The van der Waals surface area contributed by atoms with E-state index < -0.39 is 10.0 Å². The lowest BCUT2D eigenvalue weighted by molar-refractivity contribution is 0.405. The minimum Gasteiger partial charge on any atom is -0.329 e. The van der Waals surface area contributed by atoms with E-state index in [9.17, 15) is 8.42 Å². The molecule has 1 fully saturated rings. The van der Waals surface area contributed by atoms with E-state index in [1.54, 1.807) is 0 Å². The zero-order chi connectivity index (χ0) is 15.6. The van der Waals surface area contributed by atoms with Crippen LogP contribution >= 0.6 is 39.1 Å². The molecule has 1 atom stereocenters. The topological polar surface area (TPSA) is 72.2 Å². The lowest BCUT2D eigenvalue weighted by atomic mass is 9.99. The van der Waals surface area contributed by atoms with Gasteiger partial charge in [0.2, 0.25) is 10.0 Å². The molecule has 8 heteroatoms. The summed E-state index contributed by atoms with van der Waals surface area (Å²) in [4.78, 5) is -0.0921. The summed E-state index contributed by atoms with van der Waals surface area (Å²) in [7, 11) is -3.80. The van der Waals surface area contributed by atoms with Crippen LogP contribution in [0.15, 0.2) is 21.5 Å². The number of hydrogen-bond acceptors (Lipinski definition) is 3. The molecule has 2 rings (SSSR count). The highest BCUT2D eigenvalue weighted by Gasteiger charge is 2.30. The highest BCUT2D eigenvalue weighted by Crippen LogP contribution is 2.34. The number of halogens is 3. The molecule has 21 heavy (non-hydrogen) atoms. The quantitative estimate of drug-likeness (QED) is 0.772. The maximum atomic E-state index is 12.6. The summed E-state index contributed by atoms with van der Waals surface area (Å²) < 4.78 is 28.4. The van der Waals surface area contributed by atoms with Gasteiger partial charge in [-0.15, -0.1) is 0 Å². The molecule has 118 valence electrons. The van der Waals surface area contributed by atoms with E-state index in [1.165, 1.54) is 12.1 Å². The van der Waals surface area contributed by atoms with E-state index in [2.05, 4.69) is 20.7 Å². The van der Waals surface area contributed by atoms with Crippen LogP contribution in [-0.4, -0.2) is 21.0 Å². The molecule has 0 amide bonds. The van der Waals surface area contributed by atoms with Crippen molar-refractivity contribution < 1.29 is 8.42 Å². The van der Waals surface area contributed by atoms with Gasteiger partial charge >= 0.3 is 0 Å². The molecule has 1 aromatic rings. The van der Waals surface area contributed by atoms with Gasteiger partial charge in [0, 0.05) is 17.1 Å². The van der Waals surface area contributed by atoms with E-state index in [4.69, 9.17) is 28.9 Å². The van der Waals surface area contributed by atoms with Gasteiger partial charge in [0.05, 0.1) is 10.0 Å². The Kier molecular flexibility index (Phi) is 5.96. The molecule has 0 aromatic heterocycles. The van der Waals surface area contributed by atoms with Gasteiger partial charge in [-0.25, -0.2) is 13.1 Å². The summed E-state index contributed by atoms with van der Waals surface area (Å²) in [5.74, 6) is 0.276. The van der Waals surface area contributed by atoms with E-state index >= 15 is 0 Å². The Morgan fingerprint density at radius 3 is 2.29 bits per heavy atom. The molecular weight excluding hydrogens is 399 g/mol. The average Bonchev–Trinajstić information content (AvgIpc) is 2.87. The molecule has 1 unspecified atom stereocenters.